The summed E-state index contributed by atoms with van der Waals surface area (Å²) in [5.41, 5.74) is 4.45. The molecule has 0 unspecified atom stereocenters. The lowest BCUT2D eigenvalue weighted by Gasteiger charge is -2.15. The van der Waals surface area contributed by atoms with Crippen LogP contribution in [0.1, 0.15) is 18.4 Å². The molecule has 1 amide bonds. The molecule has 1 aliphatic rings. The second kappa shape index (κ2) is 8.73. The van der Waals surface area contributed by atoms with Crippen molar-refractivity contribution >= 4 is 23.7 Å². The molecular formula is C18H20FN5O5. The van der Waals surface area contributed by atoms with Gasteiger partial charge in [0, 0.05) is 24.1 Å². The SMILES string of the molecule is N=CC(C=C(N)OC(O)(O)O)=N/C=C\C(=N)NC(=O)C1(c2ccccc2F)CC1. The highest BCUT2D eigenvalue weighted by atomic mass is 19.1. The van der Waals surface area contributed by atoms with Gasteiger partial charge in [-0.25, -0.2) is 4.39 Å². The largest absolute Gasteiger partial charge is 0.454 e. The van der Waals surface area contributed by atoms with Gasteiger partial charge in [0.15, 0.2) is 5.88 Å². The predicted octanol–water partition coefficient (Wildman–Crippen LogP) is -0.0401. The van der Waals surface area contributed by atoms with Gasteiger partial charge in [-0.05, 0) is 25.0 Å². The zero-order valence-electron chi connectivity index (χ0n) is 15.1. The van der Waals surface area contributed by atoms with Crippen molar-refractivity contribution in [3.8, 4) is 0 Å². The minimum absolute atomic E-state index is 0.118. The number of halogens is 1. The van der Waals surface area contributed by atoms with E-state index in [0.717, 1.165) is 24.6 Å². The maximum absolute atomic E-state index is 14.0. The van der Waals surface area contributed by atoms with Gasteiger partial charge >= 0.3 is 6.16 Å². The van der Waals surface area contributed by atoms with E-state index in [0.29, 0.717) is 12.8 Å². The molecule has 0 aromatic heterocycles. The molecule has 1 aromatic rings. The maximum atomic E-state index is 14.0. The predicted molar refractivity (Wildman–Crippen MR) is 101 cm³/mol. The smallest absolute Gasteiger partial charge is 0.402 e. The number of nitrogens with zero attached hydrogens (tertiary/aromatic N) is 1. The third-order valence-electron chi connectivity index (χ3n) is 3.98. The quantitative estimate of drug-likeness (QED) is 0.138. The van der Waals surface area contributed by atoms with E-state index in [1.807, 2.05) is 0 Å². The average Bonchev–Trinajstić information content (AvgIpc) is 3.41. The van der Waals surface area contributed by atoms with Gasteiger partial charge < -0.3 is 36.5 Å². The number of hydrogen-bond donors (Lipinski definition) is 7. The first-order chi connectivity index (χ1) is 13.6. The molecule has 10 nitrogen and oxygen atoms in total. The molecule has 0 aliphatic heterocycles. The zero-order valence-corrected chi connectivity index (χ0v) is 15.1. The summed E-state index contributed by atoms with van der Waals surface area (Å²) in [5, 5.41) is 43.3. The van der Waals surface area contributed by atoms with Crippen LogP contribution in [-0.2, 0) is 14.9 Å². The number of aliphatic hydroxyl groups is 3. The Bertz CT molecular complexity index is 900. The molecule has 1 fully saturated rings. The van der Waals surface area contributed by atoms with Crippen LogP contribution in [0.2, 0.25) is 0 Å². The van der Waals surface area contributed by atoms with E-state index in [1.165, 1.54) is 12.1 Å². The van der Waals surface area contributed by atoms with Crippen LogP contribution >= 0.6 is 0 Å². The Morgan fingerprint density at radius 2 is 2.00 bits per heavy atom. The number of aliphatic imine (C=N–C) groups is 1. The second-order valence-corrected chi connectivity index (χ2v) is 6.17. The first kappa shape index (κ1) is 21.9. The van der Waals surface area contributed by atoms with Gasteiger partial charge in [0.25, 0.3) is 0 Å². The van der Waals surface area contributed by atoms with Crippen LogP contribution in [0.25, 0.3) is 0 Å². The molecule has 0 radical (unpaired) electrons. The molecule has 0 atom stereocenters. The first-order valence-corrected chi connectivity index (χ1v) is 8.30. The fourth-order valence-corrected chi connectivity index (χ4v) is 2.52. The van der Waals surface area contributed by atoms with Crippen LogP contribution in [0, 0.1) is 16.6 Å². The third kappa shape index (κ3) is 6.04. The van der Waals surface area contributed by atoms with Crippen molar-refractivity contribution in [3.05, 3.63) is 59.9 Å². The van der Waals surface area contributed by atoms with Crippen LogP contribution in [0.3, 0.4) is 0 Å². The molecule has 11 heteroatoms. The summed E-state index contributed by atoms with van der Waals surface area (Å²) >= 11 is 0. The molecular weight excluding hydrogens is 385 g/mol. The first-order valence-electron chi connectivity index (χ1n) is 8.30. The lowest BCUT2D eigenvalue weighted by Crippen LogP contribution is -2.38. The van der Waals surface area contributed by atoms with Gasteiger partial charge in [-0.15, -0.1) is 0 Å². The Morgan fingerprint density at radius 3 is 2.55 bits per heavy atom. The minimum atomic E-state index is -3.48. The number of hydrogen-bond acceptors (Lipinski definition) is 9. The van der Waals surface area contributed by atoms with Gasteiger partial charge in [0.2, 0.25) is 5.91 Å². The number of carbonyl (C=O) groups excluding carboxylic acids is 1. The molecule has 0 bridgehead atoms. The standard InChI is InChI=1S/C18H20FN5O5/c19-13-4-2-1-3-12(13)17(6-7-17)16(25)24-14(21)5-8-23-11(10-20)9-15(22)29-18(26,27)28/h1-5,8-10,20,26-28H,6-7,22H2,(H2,21,24,25)/b8-5-,15-9?,20-10?,23-11?. The normalized spacial score (nSPS) is 16.4. The summed E-state index contributed by atoms with van der Waals surface area (Å²) in [5.74, 6) is -1.93. The monoisotopic (exact) mass is 405 g/mol. The van der Waals surface area contributed by atoms with Crippen LogP contribution in [-0.4, -0.2) is 45.1 Å². The molecule has 2 rings (SSSR count). The number of nitrogens with two attached hydrogens (primary N) is 1. The maximum Gasteiger partial charge on any atom is 0.454 e. The van der Waals surface area contributed by atoms with E-state index in [2.05, 4.69) is 15.0 Å². The van der Waals surface area contributed by atoms with Gasteiger partial charge in [0.05, 0.1) is 11.1 Å². The Morgan fingerprint density at radius 1 is 1.34 bits per heavy atom. The summed E-state index contributed by atoms with van der Waals surface area (Å²) in [6.45, 7) is 0. The zero-order chi connectivity index (χ0) is 21.7. The van der Waals surface area contributed by atoms with Crippen molar-refractivity contribution in [2.24, 2.45) is 10.7 Å². The summed E-state index contributed by atoms with van der Waals surface area (Å²) in [7, 11) is 0. The van der Waals surface area contributed by atoms with Crippen molar-refractivity contribution in [1.82, 2.24) is 5.32 Å². The molecule has 29 heavy (non-hydrogen) atoms. The highest BCUT2D eigenvalue weighted by Gasteiger charge is 2.52. The number of ether oxygens (including phenoxy) is 1. The summed E-state index contributed by atoms with van der Waals surface area (Å²) in [6, 6.07) is 5.99. The highest BCUT2D eigenvalue weighted by Crippen LogP contribution is 2.49. The molecule has 0 saturated heterocycles. The third-order valence-corrected chi connectivity index (χ3v) is 3.98. The number of rotatable bonds is 8. The van der Waals surface area contributed by atoms with Crippen molar-refractivity contribution < 1.29 is 29.2 Å². The van der Waals surface area contributed by atoms with Crippen molar-refractivity contribution in [1.29, 1.82) is 10.8 Å². The van der Waals surface area contributed by atoms with E-state index in [9.17, 15) is 9.18 Å². The van der Waals surface area contributed by atoms with E-state index in [-0.39, 0.29) is 17.1 Å². The Balaban J connectivity index is 2.01. The van der Waals surface area contributed by atoms with Crippen molar-refractivity contribution in [2.75, 3.05) is 0 Å². The number of carbonyl (C=O) groups is 1. The molecule has 0 heterocycles. The minimum Gasteiger partial charge on any atom is -0.402 e. The topological polar surface area (TPSA) is 185 Å². The van der Waals surface area contributed by atoms with Crippen LogP contribution in [0.4, 0.5) is 4.39 Å². The average molecular weight is 405 g/mol. The number of allylic oxidation sites excluding steroid dienone is 1. The van der Waals surface area contributed by atoms with E-state index < -0.39 is 29.2 Å². The van der Waals surface area contributed by atoms with Gasteiger partial charge in [-0.1, -0.05) is 18.2 Å². The van der Waals surface area contributed by atoms with E-state index in [4.69, 9.17) is 31.9 Å². The lowest BCUT2D eigenvalue weighted by molar-refractivity contribution is -0.441. The second-order valence-electron chi connectivity index (χ2n) is 6.17. The number of nitrogens with one attached hydrogen (secondary N) is 3. The summed E-state index contributed by atoms with van der Waals surface area (Å²) < 4.78 is 18.1. The Kier molecular flexibility index (Phi) is 6.59. The number of benzene rings is 1. The molecule has 1 aromatic carbocycles. The fraction of sp³-hybridized carbons (Fsp3) is 0.222. The summed E-state index contributed by atoms with van der Waals surface area (Å²) in [6.07, 6.45) is 1.32. The summed E-state index contributed by atoms with van der Waals surface area (Å²) in [4.78, 5) is 16.3. The van der Waals surface area contributed by atoms with Crippen LogP contribution in [0.15, 0.2) is 53.5 Å². The van der Waals surface area contributed by atoms with Crippen LogP contribution < -0.4 is 11.1 Å². The number of amidine groups is 1. The Hall–Kier alpha value is -3.41. The molecule has 154 valence electrons. The Labute approximate surface area is 164 Å². The van der Waals surface area contributed by atoms with Gasteiger partial charge in [-0.2, -0.15) is 0 Å². The number of amides is 1. The molecule has 0 spiro atoms. The van der Waals surface area contributed by atoms with E-state index >= 15 is 0 Å². The van der Waals surface area contributed by atoms with Gasteiger partial charge in [-0.3, -0.25) is 15.2 Å². The van der Waals surface area contributed by atoms with Gasteiger partial charge in [0.1, 0.15) is 11.7 Å². The molecule has 8 N–H and O–H groups in total. The van der Waals surface area contributed by atoms with Crippen molar-refractivity contribution in [3.63, 3.8) is 0 Å². The van der Waals surface area contributed by atoms with Crippen molar-refractivity contribution in [2.45, 2.75) is 24.4 Å². The van der Waals surface area contributed by atoms with Crippen LogP contribution in [0.5, 0.6) is 0 Å². The lowest BCUT2D eigenvalue weighted by atomic mass is 9.94. The van der Waals surface area contributed by atoms with E-state index in [1.54, 1.807) is 12.1 Å². The molecule has 1 saturated carbocycles. The highest BCUT2D eigenvalue weighted by molar-refractivity contribution is 6.35. The molecule has 1 aliphatic carbocycles. The fourth-order valence-electron chi connectivity index (χ4n) is 2.52.